The van der Waals surface area contributed by atoms with Crippen LogP contribution in [0.15, 0.2) is 33.9 Å². The lowest BCUT2D eigenvalue weighted by Gasteiger charge is -2.04. The number of carbonyl (C=O) groups excluding carboxylic acids is 1. The minimum Gasteiger partial charge on any atom is -0.411 e. The van der Waals surface area contributed by atoms with Gasteiger partial charge in [0.2, 0.25) is 5.89 Å². The van der Waals surface area contributed by atoms with Gasteiger partial charge in [-0.2, -0.15) is 0 Å². The average molecular weight is 276 g/mol. The molecular weight excluding hydrogens is 260 g/mol. The van der Waals surface area contributed by atoms with Gasteiger partial charge in [0.15, 0.2) is 5.78 Å². The third kappa shape index (κ3) is 3.23. The summed E-state index contributed by atoms with van der Waals surface area (Å²) in [7, 11) is 0. The lowest BCUT2D eigenvalue weighted by Crippen LogP contribution is -2.06. The normalized spacial score (nSPS) is 10.9. The summed E-state index contributed by atoms with van der Waals surface area (Å²) in [5.74, 6) is 1.52. The predicted molar refractivity (Wildman–Crippen MR) is 75.3 cm³/mol. The molecule has 0 aliphatic heterocycles. The van der Waals surface area contributed by atoms with Crippen LogP contribution in [0.2, 0.25) is 0 Å². The van der Waals surface area contributed by atoms with Crippen molar-refractivity contribution in [3.8, 4) is 11.5 Å². The molecule has 5 heteroatoms. The topological polar surface area (TPSA) is 56.0 Å². The number of rotatable bonds is 5. The first kappa shape index (κ1) is 13.8. The zero-order valence-electron chi connectivity index (χ0n) is 11.2. The molecule has 2 aromatic rings. The molecule has 0 unspecified atom stereocenters. The zero-order chi connectivity index (χ0) is 13.8. The van der Waals surface area contributed by atoms with Crippen molar-refractivity contribution >= 4 is 17.5 Å². The van der Waals surface area contributed by atoms with E-state index in [0.29, 0.717) is 16.7 Å². The van der Waals surface area contributed by atoms with Gasteiger partial charge in [-0.15, -0.1) is 10.2 Å². The number of aromatic nitrogens is 2. The third-order valence-electron chi connectivity index (χ3n) is 2.62. The summed E-state index contributed by atoms with van der Waals surface area (Å²) in [6.45, 7) is 5.81. The van der Waals surface area contributed by atoms with Gasteiger partial charge in [0.1, 0.15) is 0 Å². The van der Waals surface area contributed by atoms with Crippen molar-refractivity contribution in [2.24, 2.45) is 5.92 Å². The second-order valence-electron chi connectivity index (χ2n) is 4.40. The Hall–Kier alpha value is -1.62. The molecule has 0 spiro atoms. The molecule has 0 N–H and O–H groups in total. The highest BCUT2D eigenvalue weighted by Crippen LogP contribution is 2.23. The number of benzene rings is 1. The lowest BCUT2D eigenvalue weighted by atomic mass is 10.0. The fourth-order valence-electron chi connectivity index (χ4n) is 1.62. The van der Waals surface area contributed by atoms with Gasteiger partial charge in [0.05, 0.1) is 0 Å². The van der Waals surface area contributed by atoms with Crippen LogP contribution in [-0.4, -0.2) is 21.7 Å². The minimum absolute atomic E-state index is 0.00168. The largest absolute Gasteiger partial charge is 0.411 e. The Bertz CT molecular complexity index is 561. The molecule has 0 bridgehead atoms. The van der Waals surface area contributed by atoms with E-state index >= 15 is 0 Å². The monoisotopic (exact) mass is 276 g/mol. The van der Waals surface area contributed by atoms with E-state index in [4.69, 9.17) is 4.42 Å². The fraction of sp³-hybridized carbons (Fsp3) is 0.357. The van der Waals surface area contributed by atoms with Gasteiger partial charge in [-0.3, -0.25) is 4.79 Å². The van der Waals surface area contributed by atoms with E-state index in [1.165, 1.54) is 11.8 Å². The Morgan fingerprint density at radius 3 is 2.53 bits per heavy atom. The zero-order valence-corrected chi connectivity index (χ0v) is 12.0. The average Bonchev–Trinajstić information content (AvgIpc) is 2.87. The number of ketones is 1. The molecule has 0 radical (unpaired) electrons. The van der Waals surface area contributed by atoms with Crippen molar-refractivity contribution < 1.29 is 9.21 Å². The molecule has 0 fully saturated rings. The predicted octanol–water partition coefficient (Wildman–Crippen LogP) is 3.69. The summed E-state index contributed by atoms with van der Waals surface area (Å²) in [4.78, 5) is 11.8. The Balaban J connectivity index is 2.19. The van der Waals surface area contributed by atoms with Crippen LogP contribution in [0.3, 0.4) is 0 Å². The van der Waals surface area contributed by atoms with Crippen LogP contribution >= 0.6 is 11.8 Å². The molecule has 0 atom stereocenters. The summed E-state index contributed by atoms with van der Waals surface area (Å²) < 4.78 is 5.51. The molecule has 0 saturated carbocycles. The van der Waals surface area contributed by atoms with Crippen molar-refractivity contribution in [1.29, 1.82) is 0 Å². The van der Waals surface area contributed by atoms with Crippen LogP contribution in [-0.2, 0) is 0 Å². The highest BCUT2D eigenvalue weighted by atomic mass is 32.2. The maximum atomic E-state index is 11.8. The van der Waals surface area contributed by atoms with Crippen molar-refractivity contribution in [3.05, 3.63) is 29.8 Å². The number of hydrogen-bond donors (Lipinski definition) is 0. The number of thioether (sulfide) groups is 1. The van der Waals surface area contributed by atoms with Gasteiger partial charge in [-0.25, -0.2) is 0 Å². The molecule has 0 amide bonds. The van der Waals surface area contributed by atoms with Crippen molar-refractivity contribution in [2.75, 3.05) is 5.75 Å². The lowest BCUT2D eigenvalue weighted by molar-refractivity contribution is 0.0939. The van der Waals surface area contributed by atoms with Crippen LogP contribution in [0.4, 0.5) is 0 Å². The van der Waals surface area contributed by atoms with Crippen molar-refractivity contribution in [1.82, 2.24) is 10.2 Å². The smallest absolute Gasteiger partial charge is 0.276 e. The number of hydrogen-bond acceptors (Lipinski definition) is 5. The SMILES string of the molecule is CCSc1nnc(-c2ccc(C(=O)C(C)C)cc2)o1. The molecule has 100 valence electrons. The molecule has 4 nitrogen and oxygen atoms in total. The highest BCUT2D eigenvalue weighted by molar-refractivity contribution is 7.99. The van der Waals surface area contributed by atoms with E-state index in [1.54, 1.807) is 12.1 Å². The molecule has 1 aromatic carbocycles. The van der Waals surface area contributed by atoms with E-state index in [0.717, 1.165) is 11.3 Å². The van der Waals surface area contributed by atoms with Gasteiger partial charge in [0.25, 0.3) is 5.22 Å². The number of carbonyl (C=O) groups is 1. The number of nitrogens with zero attached hydrogens (tertiary/aromatic N) is 2. The Kier molecular flexibility index (Phi) is 4.37. The van der Waals surface area contributed by atoms with Crippen molar-refractivity contribution in [2.45, 2.75) is 26.0 Å². The molecule has 1 heterocycles. The Morgan fingerprint density at radius 2 is 1.95 bits per heavy atom. The molecule has 1 aromatic heterocycles. The summed E-state index contributed by atoms with van der Waals surface area (Å²) in [5, 5.41) is 8.51. The fourth-order valence-corrected chi connectivity index (χ4v) is 2.10. The molecule has 0 aliphatic carbocycles. The maximum absolute atomic E-state index is 11.8. The van der Waals surface area contributed by atoms with Crippen LogP contribution < -0.4 is 0 Å². The van der Waals surface area contributed by atoms with E-state index < -0.39 is 0 Å². The second kappa shape index (κ2) is 6.02. The van der Waals surface area contributed by atoms with Gasteiger partial charge in [-0.05, 0) is 17.9 Å². The first-order chi connectivity index (χ1) is 9.11. The van der Waals surface area contributed by atoms with Gasteiger partial charge in [0, 0.05) is 17.0 Å². The molecule has 0 saturated heterocycles. The Labute approximate surface area is 116 Å². The van der Waals surface area contributed by atoms with Crippen LogP contribution in [0.5, 0.6) is 0 Å². The van der Waals surface area contributed by atoms with Crippen LogP contribution in [0.25, 0.3) is 11.5 Å². The second-order valence-corrected chi connectivity index (χ2v) is 5.62. The maximum Gasteiger partial charge on any atom is 0.276 e. The molecule has 0 aliphatic rings. The molecule has 19 heavy (non-hydrogen) atoms. The van der Waals surface area contributed by atoms with Crippen LogP contribution in [0, 0.1) is 5.92 Å². The summed E-state index contributed by atoms with van der Waals surface area (Å²) in [6.07, 6.45) is 0. The van der Waals surface area contributed by atoms with Gasteiger partial charge < -0.3 is 4.42 Å². The summed E-state index contributed by atoms with van der Waals surface area (Å²) in [5.41, 5.74) is 1.54. The summed E-state index contributed by atoms with van der Waals surface area (Å²) in [6, 6.07) is 7.27. The van der Waals surface area contributed by atoms with Crippen LogP contribution in [0.1, 0.15) is 31.1 Å². The molecule has 2 rings (SSSR count). The van der Waals surface area contributed by atoms with Crippen molar-refractivity contribution in [3.63, 3.8) is 0 Å². The summed E-state index contributed by atoms with van der Waals surface area (Å²) >= 11 is 1.51. The van der Waals surface area contributed by atoms with E-state index in [2.05, 4.69) is 10.2 Å². The van der Waals surface area contributed by atoms with Gasteiger partial charge in [-0.1, -0.05) is 44.7 Å². The first-order valence-corrected chi connectivity index (χ1v) is 7.21. The Morgan fingerprint density at radius 1 is 1.26 bits per heavy atom. The first-order valence-electron chi connectivity index (χ1n) is 6.22. The third-order valence-corrected chi connectivity index (χ3v) is 3.32. The quantitative estimate of drug-likeness (QED) is 0.616. The molecular formula is C14H16N2O2S. The van der Waals surface area contributed by atoms with E-state index in [1.807, 2.05) is 32.9 Å². The minimum atomic E-state index is 0.00168. The van der Waals surface area contributed by atoms with Gasteiger partial charge >= 0.3 is 0 Å². The van der Waals surface area contributed by atoms with E-state index in [9.17, 15) is 4.79 Å². The van der Waals surface area contributed by atoms with E-state index in [-0.39, 0.29) is 11.7 Å². The highest BCUT2D eigenvalue weighted by Gasteiger charge is 2.12. The number of Topliss-reactive ketones (excluding diaryl/α,β-unsaturated/α-hetero) is 1. The standard InChI is InChI=1S/C14H16N2O2S/c1-4-19-14-16-15-13(18-14)11-7-5-10(6-8-11)12(17)9(2)3/h5-9H,4H2,1-3H3.